The molecule has 1 aromatic rings. The van der Waals surface area contributed by atoms with Crippen molar-refractivity contribution in [2.45, 2.75) is 19.8 Å². The molecule has 1 atom stereocenters. The summed E-state index contributed by atoms with van der Waals surface area (Å²) in [6, 6.07) is 6.40. The number of carbonyl (C=O) groups excluding carboxylic acids is 1. The number of benzene rings is 1. The third-order valence-electron chi connectivity index (χ3n) is 2.10. The molecule has 0 fully saturated rings. The van der Waals surface area contributed by atoms with Gasteiger partial charge in [-0.1, -0.05) is 19.1 Å². The van der Waals surface area contributed by atoms with Gasteiger partial charge in [-0.25, -0.2) is 4.39 Å². The van der Waals surface area contributed by atoms with Crippen molar-refractivity contribution in [2.75, 3.05) is 0 Å². The largest absolute Gasteiger partial charge is 0.303 e. The summed E-state index contributed by atoms with van der Waals surface area (Å²) in [5.74, 6) is -0.222. The Morgan fingerprint density at radius 3 is 2.85 bits per heavy atom. The van der Waals surface area contributed by atoms with E-state index in [-0.39, 0.29) is 11.7 Å². The summed E-state index contributed by atoms with van der Waals surface area (Å²) in [6.07, 6.45) is 2.38. The molecule has 0 amide bonds. The van der Waals surface area contributed by atoms with Gasteiger partial charge in [-0.2, -0.15) is 0 Å². The van der Waals surface area contributed by atoms with Crippen molar-refractivity contribution in [2.24, 2.45) is 5.92 Å². The molecule has 0 heterocycles. The second-order valence-electron chi connectivity index (χ2n) is 3.14. The van der Waals surface area contributed by atoms with Crippen molar-refractivity contribution in [3.63, 3.8) is 0 Å². The highest BCUT2D eigenvalue weighted by molar-refractivity contribution is 5.54. The van der Waals surface area contributed by atoms with Crippen LogP contribution in [0.2, 0.25) is 0 Å². The predicted molar refractivity (Wildman–Crippen MR) is 49.9 cm³/mol. The Morgan fingerprint density at radius 1 is 1.54 bits per heavy atom. The summed E-state index contributed by atoms with van der Waals surface area (Å²) >= 11 is 0. The van der Waals surface area contributed by atoms with Gasteiger partial charge < -0.3 is 4.79 Å². The molecule has 0 saturated heterocycles. The third kappa shape index (κ3) is 2.98. The van der Waals surface area contributed by atoms with Crippen LogP contribution >= 0.6 is 0 Å². The molecule has 0 bridgehead atoms. The molecule has 1 nitrogen and oxygen atoms in total. The molecule has 0 aliphatic rings. The minimum Gasteiger partial charge on any atom is -0.303 e. The Bertz CT molecular complexity index is 283. The number of aldehydes is 1. The number of hydrogen-bond donors (Lipinski definition) is 0. The van der Waals surface area contributed by atoms with Gasteiger partial charge in [0.15, 0.2) is 0 Å². The zero-order valence-electron chi connectivity index (χ0n) is 7.66. The van der Waals surface area contributed by atoms with Crippen LogP contribution in [0.1, 0.15) is 18.9 Å². The van der Waals surface area contributed by atoms with Crippen molar-refractivity contribution >= 4 is 6.29 Å². The second kappa shape index (κ2) is 4.75. The molecular formula is C11H13FO. The van der Waals surface area contributed by atoms with E-state index in [1.807, 2.05) is 13.0 Å². The minimum absolute atomic E-state index is 0.0156. The molecule has 0 spiro atoms. The van der Waals surface area contributed by atoms with Crippen LogP contribution in [0, 0.1) is 11.7 Å². The summed E-state index contributed by atoms with van der Waals surface area (Å²) in [4.78, 5) is 10.5. The first-order chi connectivity index (χ1) is 6.26. The average Bonchev–Trinajstić information content (AvgIpc) is 2.14. The van der Waals surface area contributed by atoms with Crippen LogP contribution in [0.25, 0.3) is 0 Å². The highest BCUT2D eigenvalue weighted by Gasteiger charge is 2.05. The fraction of sp³-hybridized carbons (Fsp3) is 0.364. The van der Waals surface area contributed by atoms with Crippen LogP contribution in [0.3, 0.4) is 0 Å². The molecule has 70 valence electrons. The molecule has 0 radical (unpaired) electrons. The van der Waals surface area contributed by atoms with E-state index < -0.39 is 0 Å². The average molecular weight is 180 g/mol. The van der Waals surface area contributed by atoms with Gasteiger partial charge in [0.2, 0.25) is 0 Å². The van der Waals surface area contributed by atoms with Crippen molar-refractivity contribution in [1.82, 2.24) is 0 Å². The molecule has 1 unspecified atom stereocenters. The summed E-state index contributed by atoms with van der Waals surface area (Å²) in [5.41, 5.74) is 0.888. The maximum absolute atomic E-state index is 12.7. The lowest BCUT2D eigenvalue weighted by molar-refractivity contribution is -0.111. The molecule has 1 aromatic carbocycles. The van der Waals surface area contributed by atoms with Gasteiger partial charge in [-0.3, -0.25) is 0 Å². The third-order valence-corrected chi connectivity index (χ3v) is 2.10. The Balaban J connectivity index is 2.67. The highest BCUT2D eigenvalue weighted by atomic mass is 19.1. The van der Waals surface area contributed by atoms with Crippen LogP contribution in [0.4, 0.5) is 4.39 Å². The molecular weight excluding hydrogens is 167 g/mol. The van der Waals surface area contributed by atoms with Crippen LogP contribution in [-0.4, -0.2) is 6.29 Å². The van der Waals surface area contributed by atoms with E-state index in [2.05, 4.69) is 0 Å². The zero-order chi connectivity index (χ0) is 9.68. The van der Waals surface area contributed by atoms with Crippen molar-refractivity contribution < 1.29 is 9.18 Å². The van der Waals surface area contributed by atoms with E-state index in [1.54, 1.807) is 6.07 Å². The fourth-order valence-electron chi connectivity index (χ4n) is 1.26. The van der Waals surface area contributed by atoms with E-state index in [1.165, 1.54) is 12.1 Å². The monoisotopic (exact) mass is 180 g/mol. The van der Waals surface area contributed by atoms with Crippen LogP contribution in [0.5, 0.6) is 0 Å². The lowest BCUT2D eigenvalue weighted by atomic mass is 9.98. The zero-order valence-corrected chi connectivity index (χ0v) is 7.66. The first-order valence-corrected chi connectivity index (χ1v) is 4.46. The van der Waals surface area contributed by atoms with Crippen LogP contribution < -0.4 is 0 Å². The highest BCUT2D eigenvalue weighted by Crippen LogP contribution is 2.11. The Kier molecular flexibility index (Phi) is 3.62. The Hall–Kier alpha value is -1.18. The van der Waals surface area contributed by atoms with Gasteiger partial charge in [0.25, 0.3) is 0 Å². The summed E-state index contributed by atoms with van der Waals surface area (Å²) in [6.45, 7) is 1.96. The second-order valence-corrected chi connectivity index (χ2v) is 3.14. The summed E-state index contributed by atoms with van der Waals surface area (Å²) < 4.78 is 12.7. The summed E-state index contributed by atoms with van der Waals surface area (Å²) in [7, 11) is 0. The number of hydrogen-bond acceptors (Lipinski definition) is 1. The van der Waals surface area contributed by atoms with Gasteiger partial charge >= 0.3 is 0 Å². The molecule has 2 heteroatoms. The van der Waals surface area contributed by atoms with E-state index >= 15 is 0 Å². The van der Waals surface area contributed by atoms with Crippen LogP contribution in [0.15, 0.2) is 24.3 Å². The maximum atomic E-state index is 12.7. The number of carbonyl (C=O) groups is 1. The van der Waals surface area contributed by atoms with Crippen molar-refractivity contribution in [3.8, 4) is 0 Å². The normalized spacial score (nSPS) is 12.5. The lowest BCUT2D eigenvalue weighted by Crippen LogP contribution is -2.04. The molecule has 0 N–H and O–H groups in total. The van der Waals surface area contributed by atoms with Gasteiger partial charge in [0, 0.05) is 5.92 Å². The predicted octanol–water partition coefficient (Wildman–Crippen LogP) is 2.59. The van der Waals surface area contributed by atoms with E-state index in [0.29, 0.717) is 6.42 Å². The van der Waals surface area contributed by atoms with Crippen LogP contribution in [-0.2, 0) is 11.2 Å². The van der Waals surface area contributed by atoms with E-state index in [9.17, 15) is 9.18 Å². The molecule has 0 aliphatic carbocycles. The quantitative estimate of drug-likeness (QED) is 0.651. The van der Waals surface area contributed by atoms with Gasteiger partial charge in [0.05, 0.1) is 0 Å². The SMILES string of the molecule is CCC(C=O)Cc1cccc(F)c1. The smallest absolute Gasteiger partial charge is 0.123 e. The minimum atomic E-state index is -0.238. The summed E-state index contributed by atoms with van der Waals surface area (Å²) in [5, 5.41) is 0. The standard InChI is InChI=1S/C11H13FO/c1-2-9(8-13)6-10-4-3-5-11(12)7-10/h3-5,7-9H,2,6H2,1H3. The number of halogens is 1. The molecule has 0 aliphatic heterocycles. The first kappa shape index (κ1) is 9.90. The van der Waals surface area contributed by atoms with Crippen molar-refractivity contribution in [3.05, 3.63) is 35.6 Å². The van der Waals surface area contributed by atoms with Gasteiger partial charge in [0.1, 0.15) is 12.1 Å². The maximum Gasteiger partial charge on any atom is 0.123 e. The lowest BCUT2D eigenvalue weighted by Gasteiger charge is -2.06. The number of rotatable bonds is 4. The van der Waals surface area contributed by atoms with Gasteiger partial charge in [-0.05, 0) is 30.5 Å². The molecule has 0 aromatic heterocycles. The fourth-order valence-corrected chi connectivity index (χ4v) is 1.26. The van der Waals surface area contributed by atoms with Gasteiger partial charge in [-0.15, -0.1) is 0 Å². The Morgan fingerprint density at radius 2 is 2.31 bits per heavy atom. The molecule has 1 rings (SSSR count). The topological polar surface area (TPSA) is 17.1 Å². The van der Waals surface area contributed by atoms with E-state index in [4.69, 9.17) is 0 Å². The van der Waals surface area contributed by atoms with E-state index in [0.717, 1.165) is 18.3 Å². The molecule has 0 saturated carbocycles. The molecule has 13 heavy (non-hydrogen) atoms. The van der Waals surface area contributed by atoms with Crippen molar-refractivity contribution in [1.29, 1.82) is 0 Å². The first-order valence-electron chi connectivity index (χ1n) is 4.46. The Labute approximate surface area is 77.6 Å².